The van der Waals surface area contributed by atoms with Crippen LogP contribution >= 0.6 is 0 Å². The van der Waals surface area contributed by atoms with E-state index in [1.54, 1.807) is 0 Å². The maximum Gasteiger partial charge on any atom is 0.230 e. The quantitative estimate of drug-likeness (QED) is 0.917. The van der Waals surface area contributed by atoms with Gasteiger partial charge in [-0.1, -0.05) is 18.2 Å². The Balaban J connectivity index is 1.57. The van der Waals surface area contributed by atoms with Crippen molar-refractivity contribution in [3.05, 3.63) is 29.8 Å². The molecule has 2 saturated carbocycles. The number of fused-ring (bicyclic) bond motifs is 2. The molecule has 1 aromatic rings. The molecular formula is C17H22N2O. The summed E-state index contributed by atoms with van der Waals surface area (Å²) in [6.07, 6.45) is 4.60. The molecule has 0 radical (unpaired) electrons. The van der Waals surface area contributed by atoms with Gasteiger partial charge in [0.2, 0.25) is 5.91 Å². The summed E-state index contributed by atoms with van der Waals surface area (Å²) in [6.45, 7) is 1.52. The molecule has 106 valence electrons. The van der Waals surface area contributed by atoms with Gasteiger partial charge >= 0.3 is 0 Å². The van der Waals surface area contributed by atoms with E-state index in [1.807, 2.05) is 11.0 Å². The van der Waals surface area contributed by atoms with E-state index >= 15 is 0 Å². The van der Waals surface area contributed by atoms with Gasteiger partial charge in [-0.2, -0.15) is 0 Å². The van der Waals surface area contributed by atoms with Gasteiger partial charge in [0.15, 0.2) is 0 Å². The van der Waals surface area contributed by atoms with Crippen LogP contribution in [0.4, 0.5) is 5.69 Å². The van der Waals surface area contributed by atoms with Crippen LogP contribution in [0.1, 0.15) is 37.2 Å². The summed E-state index contributed by atoms with van der Waals surface area (Å²) in [4.78, 5) is 14.9. The molecule has 3 atom stereocenters. The highest BCUT2D eigenvalue weighted by molar-refractivity contribution is 5.97. The van der Waals surface area contributed by atoms with Crippen LogP contribution in [0.25, 0.3) is 0 Å². The average molecular weight is 270 g/mol. The number of nitrogens with zero attached hydrogens (tertiary/aromatic N) is 1. The number of para-hydroxylation sites is 1. The molecule has 3 unspecified atom stereocenters. The van der Waals surface area contributed by atoms with Crippen molar-refractivity contribution in [2.75, 3.05) is 18.0 Å². The molecule has 0 saturated heterocycles. The second-order valence-corrected chi connectivity index (χ2v) is 6.71. The van der Waals surface area contributed by atoms with Crippen molar-refractivity contribution in [1.82, 2.24) is 0 Å². The van der Waals surface area contributed by atoms with Gasteiger partial charge in [0.25, 0.3) is 0 Å². The van der Waals surface area contributed by atoms with Crippen LogP contribution in [-0.4, -0.2) is 19.0 Å². The third-order valence-corrected chi connectivity index (χ3v) is 5.44. The van der Waals surface area contributed by atoms with Gasteiger partial charge in [0, 0.05) is 24.1 Å². The molecule has 1 amide bonds. The Kier molecular flexibility index (Phi) is 2.84. The standard InChI is InChI=1S/C17H22N2O/c18-6-5-11-10-19(16-4-2-1-3-15(11)16)17(20)14-8-12-7-13(12)9-14/h1-4,11-14H,5-10,18H2. The Labute approximate surface area is 120 Å². The van der Waals surface area contributed by atoms with Gasteiger partial charge in [-0.05, 0) is 55.7 Å². The fourth-order valence-corrected chi connectivity index (χ4v) is 4.29. The maximum absolute atomic E-state index is 12.8. The van der Waals surface area contributed by atoms with Crippen molar-refractivity contribution in [3.63, 3.8) is 0 Å². The Hall–Kier alpha value is -1.35. The summed E-state index contributed by atoms with van der Waals surface area (Å²) in [5.41, 5.74) is 8.18. The van der Waals surface area contributed by atoms with E-state index in [-0.39, 0.29) is 5.92 Å². The smallest absolute Gasteiger partial charge is 0.230 e. The lowest BCUT2D eigenvalue weighted by molar-refractivity contribution is -0.122. The van der Waals surface area contributed by atoms with Crippen molar-refractivity contribution in [2.45, 2.75) is 31.6 Å². The van der Waals surface area contributed by atoms with Gasteiger partial charge < -0.3 is 10.6 Å². The molecule has 2 N–H and O–H groups in total. The van der Waals surface area contributed by atoms with E-state index in [0.29, 0.717) is 18.4 Å². The lowest BCUT2D eigenvalue weighted by atomic mass is 9.98. The number of hydrogen-bond acceptors (Lipinski definition) is 2. The minimum absolute atomic E-state index is 0.281. The molecule has 0 aromatic heterocycles. The van der Waals surface area contributed by atoms with Crippen LogP contribution in [0.2, 0.25) is 0 Å². The number of anilines is 1. The molecule has 4 rings (SSSR count). The Bertz CT molecular complexity index is 532. The van der Waals surface area contributed by atoms with Crippen LogP contribution in [0, 0.1) is 17.8 Å². The first kappa shape index (κ1) is 12.4. The maximum atomic E-state index is 12.8. The zero-order chi connectivity index (χ0) is 13.7. The topological polar surface area (TPSA) is 46.3 Å². The molecule has 2 aliphatic carbocycles. The SMILES string of the molecule is NCCC1CN(C(=O)C2CC3CC3C2)c2ccccc21. The largest absolute Gasteiger partial charge is 0.330 e. The minimum atomic E-state index is 0.281. The number of nitrogens with two attached hydrogens (primary N) is 1. The highest BCUT2D eigenvalue weighted by atomic mass is 16.2. The Morgan fingerprint density at radius 3 is 2.70 bits per heavy atom. The van der Waals surface area contributed by atoms with Gasteiger partial charge in [-0.25, -0.2) is 0 Å². The monoisotopic (exact) mass is 270 g/mol. The van der Waals surface area contributed by atoms with E-state index in [1.165, 1.54) is 12.0 Å². The van der Waals surface area contributed by atoms with Gasteiger partial charge in [-0.15, -0.1) is 0 Å². The first-order valence-corrected chi connectivity index (χ1v) is 7.88. The number of benzene rings is 1. The predicted octanol–water partition coefficient (Wildman–Crippen LogP) is 2.51. The summed E-state index contributed by atoms with van der Waals surface area (Å²) in [6, 6.07) is 8.37. The molecule has 3 nitrogen and oxygen atoms in total. The third kappa shape index (κ3) is 1.87. The summed E-state index contributed by atoms with van der Waals surface area (Å²) >= 11 is 0. The van der Waals surface area contributed by atoms with Gasteiger partial charge in [-0.3, -0.25) is 4.79 Å². The molecule has 0 bridgehead atoms. The van der Waals surface area contributed by atoms with Crippen LogP contribution in [0.3, 0.4) is 0 Å². The third-order valence-electron chi connectivity index (χ3n) is 5.44. The Morgan fingerprint density at radius 1 is 1.20 bits per heavy atom. The van der Waals surface area contributed by atoms with E-state index in [9.17, 15) is 4.79 Å². The zero-order valence-electron chi connectivity index (χ0n) is 11.8. The summed E-state index contributed by atoms with van der Waals surface area (Å²) < 4.78 is 0. The fraction of sp³-hybridized carbons (Fsp3) is 0.588. The van der Waals surface area contributed by atoms with Crippen LogP contribution in [0.15, 0.2) is 24.3 Å². The zero-order valence-corrected chi connectivity index (χ0v) is 11.8. The van der Waals surface area contributed by atoms with Crippen LogP contribution in [0.5, 0.6) is 0 Å². The number of carbonyl (C=O) groups is 1. The van der Waals surface area contributed by atoms with Gasteiger partial charge in [0.1, 0.15) is 0 Å². The number of hydrogen-bond donors (Lipinski definition) is 1. The van der Waals surface area contributed by atoms with E-state index in [2.05, 4.69) is 18.2 Å². The second-order valence-electron chi connectivity index (χ2n) is 6.71. The molecule has 20 heavy (non-hydrogen) atoms. The molecule has 1 aromatic carbocycles. The fourth-order valence-electron chi connectivity index (χ4n) is 4.29. The first-order chi connectivity index (χ1) is 9.78. The normalized spacial score (nSPS) is 34.0. The molecule has 0 spiro atoms. The van der Waals surface area contributed by atoms with Crippen molar-refractivity contribution in [2.24, 2.45) is 23.5 Å². The summed E-state index contributed by atoms with van der Waals surface area (Å²) in [7, 11) is 0. The van der Waals surface area contributed by atoms with E-state index in [0.717, 1.165) is 43.3 Å². The van der Waals surface area contributed by atoms with Crippen molar-refractivity contribution >= 4 is 11.6 Å². The highest BCUT2D eigenvalue weighted by Crippen LogP contribution is 2.55. The molecule has 1 heterocycles. The molecular weight excluding hydrogens is 248 g/mol. The molecule has 3 heteroatoms. The lowest BCUT2D eigenvalue weighted by Gasteiger charge is -2.22. The number of carbonyl (C=O) groups excluding carboxylic acids is 1. The van der Waals surface area contributed by atoms with Crippen molar-refractivity contribution < 1.29 is 4.79 Å². The molecule has 1 aliphatic heterocycles. The van der Waals surface area contributed by atoms with Crippen molar-refractivity contribution in [1.29, 1.82) is 0 Å². The highest BCUT2D eigenvalue weighted by Gasteiger charge is 2.49. The molecule has 2 fully saturated rings. The second kappa shape index (κ2) is 4.59. The van der Waals surface area contributed by atoms with Crippen molar-refractivity contribution in [3.8, 4) is 0 Å². The van der Waals surface area contributed by atoms with E-state index in [4.69, 9.17) is 5.73 Å². The summed E-state index contributed by atoms with van der Waals surface area (Å²) in [5, 5.41) is 0. The van der Waals surface area contributed by atoms with Gasteiger partial charge in [0.05, 0.1) is 0 Å². The van der Waals surface area contributed by atoms with Crippen LogP contribution in [-0.2, 0) is 4.79 Å². The van der Waals surface area contributed by atoms with E-state index < -0.39 is 0 Å². The Morgan fingerprint density at radius 2 is 1.95 bits per heavy atom. The molecule has 3 aliphatic rings. The minimum Gasteiger partial charge on any atom is -0.330 e. The summed E-state index contributed by atoms with van der Waals surface area (Å²) in [5.74, 6) is 2.80. The first-order valence-electron chi connectivity index (χ1n) is 7.88. The number of amides is 1. The lowest BCUT2D eigenvalue weighted by Crippen LogP contribution is -2.35. The average Bonchev–Trinajstić information content (AvgIpc) is 2.93. The van der Waals surface area contributed by atoms with Crippen LogP contribution < -0.4 is 10.6 Å². The number of rotatable bonds is 3. The predicted molar refractivity (Wildman–Crippen MR) is 79.5 cm³/mol.